The zero-order valence-corrected chi connectivity index (χ0v) is 13.2. The summed E-state index contributed by atoms with van der Waals surface area (Å²) in [4.78, 5) is 39.1. The minimum absolute atomic E-state index is 0.193. The summed E-state index contributed by atoms with van der Waals surface area (Å²) in [5.74, 6) is -2.60. The summed E-state index contributed by atoms with van der Waals surface area (Å²) in [5.41, 5.74) is 0.722. The lowest BCUT2D eigenvalue weighted by Gasteiger charge is -2.20. The molecule has 0 aromatic heterocycles. The van der Waals surface area contributed by atoms with E-state index in [1.54, 1.807) is 29.2 Å². The van der Waals surface area contributed by atoms with Gasteiger partial charge in [-0.25, -0.2) is 0 Å². The fourth-order valence-electron chi connectivity index (χ4n) is 3.17. The Hall–Kier alpha value is -2.08. The maximum atomic E-state index is 12.5. The van der Waals surface area contributed by atoms with Crippen LogP contribution in [0.3, 0.4) is 0 Å². The van der Waals surface area contributed by atoms with Crippen molar-refractivity contribution < 1.29 is 19.5 Å². The summed E-state index contributed by atoms with van der Waals surface area (Å²) >= 11 is 5.85. The van der Waals surface area contributed by atoms with E-state index in [0.29, 0.717) is 31.0 Å². The Morgan fingerprint density at radius 2 is 1.83 bits per heavy atom. The molecule has 1 aromatic carbocycles. The number of likely N-dealkylation sites (tertiary alicyclic amines) is 1. The number of anilines is 1. The third-order valence-corrected chi connectivity index (χ3v) is 4.74. The van der Waals surface area contributed by atoms with Gasteiger partial charge in [0.2, 0.25) is 11.8 Å². The summed E-state index contributed by atoms with van der Waals surface area (Å²) in [6, 6.07) is 6.92. The van der Waals surface area contributed by atoms with Crippen molar-refractivity contribution in [1.29, 1.82) is 0 Å². The van der Waals surface area contributed by atoms with E-state index >= 15 is 0 Å². The van der Waals surface area contributed by atoms with Gasteiger partial charge in [-0.15, -0.1) is 0 Å². The number of carbonyl (C=O) groups is 3. The van der Waals surface area contributed by atoms with Gasteiger partial charge in [0.1, 0.15) is 5.92 Å². The number of carbonyl (C=O) groups excluding carboxylic acids is 2. The lowest BCUT2D eigenvalue weighted by molar-refractivity contribution is -0.142. The molecule has 23 heavy (non-hydrogen) atoms. The molecule has 2 amide bonds. The van der Waals surface area contributed by atoms with E-state index in [2.05, 4.69) is 0 Å². The Kier molecular flexibility index (Phi) is 4.26. The molecule has 2 unspecified atom stereocenters. The Labute approximate surface area is 138 Å². The number of benzene rings is 1. The van der Waals surface area contributed by atoms with Crippen LogP contribution in [-0.2, 0) is 14.4 Å². The lowest BCUT2D eigenvalue weighted by Crippen LogP contribution is -2.39. The van der Waals surface area contributed by atoms with E-state index < -0.39 is 17.8 Å². The fraction of sp³-hybridized carbons (Fsp3) is 0.438. The largest absolute Gasteiger partial charge is 0.481 e. The molecule has 1 N–H and O–H groups in total. The molecule has 2 fully saturated rings. The quantitative estimate of drug-likeness (QED) is 0.851. The van der Waals surface area contributed by atoms with Gasteiger partial charge in [0, 0.05) is 30.3 Å². The number of hydrogen-bond donors (Lipinski definition) is 1. The second-order valence-electron chi connectivity index (χ2n) is 5.92. The molecule has 0 saturated carbocycles. The highest BCUT2D eigenvalue weighted by atomic mass is 35.5. The third-order valence-electron chi connectivity index (χ3n) is 4.49. The highest BCUT2D eigenvalue weighted by Gasteiger charge is 2.42. The highest BCUT2D eigenvalue weighted by molar-refractivity contribution is 6.30. The molecule has 3 rings (SSSR count). The molecule has 6 nitrogen and oxygen atoms in total. The van der Waals surface area contributed by atoms with Crippen molar-refractivity contribution in [1.82, 2.24) is 4.90 Å². The van der Waals surface area contributed by atoms with E-state index in [0.717, 1.165) is 5.69 Å². The molecule has 0 radical (unpaired) electrons. The molecule has 0 bridgehead atoms. The summed E-state index contributed by atoms with van der Waals surface area (Å²) in [5, 5.41) is 9.61. The topological polar surface area (TPSA) is 77.9 Å². The Morgan fingerprint density at radius 3 is 2.43 bits per heavy atom. The molecule has 122 valence electrons. The van der Waals surface area contributed by atoms with Crippen molar-refractivity contribution in [2.75, 3.05) is 24.5 Å². The van der Waals surface area contributed by atoms with Crippen molar-refractivity contribution in [3.63, 3.8) is 0 Å². The number of amides is 2. The summed E-state index contributed by atoms with van der Waals surface area (Å²) in [7, 11) is 0. The van der Waals surface area contributed by atoms with Crippen molar-refractivity contribution in [2.24, 2.45) is 11.8 Å². The number of carboxylic acid groups (broad SMARTS) is 1. The minimum atomic E-state index is -0.888. The molecular weight excluding hydrogens is 320 g/mol. The Morgan fingerprint density at radius 1 is 1.13 bits per heavy atom. The standard InChI is InChI=1S/C16H17ClN2O4/c17-11-1-3-12(4-2-11)19-8-6-13(15(19)21)14(20)18-7-5-10(9-18)16(22)23/h1-4,10,13H,5-9H2,(H,22,23). The number of nitrogens with zero attached hydrogens (tertiary/aromatic N) is 2. The molecule has 2 atom stereocenters. The van der Waals surface area contributed by atoms with Crippen molar-refractivity contribution in [3.8, 4) is 0 Å². The van der Waals surface area contributed by atoms with Crippen LogP contribution in [0.2, 0.25) is 5.02 Å². The molecule has 2 aliphatic heterocycles. The van der Waals surface area contributed by atoms with Crippen LogP contribution in [0.15, 0.2) is 24.3 Å². The summed E-state index contributed by atoms with van der Waals surface area (Å²) in [6.45, 7) is 1.08. The van der Waals surface area contributed by atoms with Gasteiger partial charge in [-0.05, 0) is 37.1 Å². The van der Waals surface area contributed by atoms with Crippen LogP contribution in [0.4, 0.5) is 5.69 Å². The predicted octanol–water partition coefficient (Wildman–Crippen LogP) is 1.63. The van der Waals surface area contributed by atoms with E-state index in [1.165, 1.54) is 4.90 Å². The van der Waals surface area contributed by atoms with Gasteiger partial charge in [0.15, 0.2) is 0 Å². The summed E-state index contributed by atoms with van der Waals surface area (Å²) in [6.07, 6.45) is 0.900. The second-order valence-corrected chi connectivity index (χ2v) is 6.35. The van der Waals surface area contributed by atoms with Gasteiger partial charge in [-0.3, -0.25) is 14.4 Å². The SMILES string of the molecule is O=C(O)C1CCN(C(=O)C2CCN(c3ccc(Cl)cc3)C2=O)C1. The van der Waals surface area contributed by atoms with Crippen LogP contribution in [0.25, 0.3) is 0 Å². The molecule has 2 saturated heterocycles. The predicted molar refractivity (Wildman–Crippen MR) is 84.2 cm³/mol. The lowest BCUT2D eigenvalue weighted by atomic mass is 10.1. The molecule has 2 heterocycles. The molecule has 1 aromatic rings. The zero-order chi connectivity index (χ0) is 16.6. The van der Waals surface area contributed by atoms with Crippen LogP contribution in [0.1, 0.15) is 12.8 Å². The average molecular weight is 337 g/mol. The Bertz CT molecular complexity index is 646. The number of halogens is 1. The van der Waals surface area contributed by atoms with Gasteiger partial charge >= 0.3 is 5.97 Å². The van der Waals surface area contributed by atoms with Crippen LogP contribution < -0.4 is 4.90 Å². The van der Waals surface area contributed by atoms with Crippen molar-refractivity contribution in [3.05, 3.63) is 29.3 Å². The first-order chi connectivity index (χ1) is 11.0. The number of aliphatic carboxylic acids is 1. The summed E-state index contributed by atoms with van der Waals surface area (Å²) < 4.78 is 0. The van der Waals surface area contributed by atoms with Gasteiger partial charge in [0.25, 0.3) is 0 Å². The van der Waals surface area contributed by atoms with Gasteiger partial charge in [0.05, 0.1) is 5.92 Å². The molecular formula is C16H17ClN2O4. The smallest absolute Gasteiger partial charge is 0.308 e. The first-order valence-corrected chi connectivity index (χ1v) is 7.93. The van der Waals surface area contributed by atoms with Gasteiger partial charge < -0.3 is 14.9 Å². The number of carboxylic acids is 1. The average Bonchev–Trinajstić information content (AvgIpc) is 3.15. The van der Waals surface area contributed by atoms with Gasteiger partial charge in [-0.2, -0.15) is 0 Å². The zero-order valence-electron chi connectivity index (χ0n) is 12.4. The molecule has 2 aliphatic rings. The maximum absolute atomic E-state index is 12.5. The number of hydrogen-bond acceptors (Lipinski definition) is 3. The van der Waals surface area contributed by atoms with Crippen molar-refractivity contribution in [2.45, 2.75) is 12.8 Å². The Balaban J connectivity index is 1.68. The third kappa shape index (κ3) is 3.03. The maximum Gasteiger partial charge on any atom is 0.308 e. The van der Waals surface area contributed by atoms with Crippen LogP contribution in [0, 0.1) is 11.8 Å². The van der Waals surface area contributed by atoms with Crippen molar-refractivity contribution >= 4 is 35.1 Å². The first-order valence-electron chi connectivity index (χ1n) is 7.56. The fourth-order valence-corrected chi connectivity index (χ4v) is 3.29. The molecule has 0 spiro atoms. The first kappa shape index (κ1) is 15.8. The molecule has 7 heteroatoms. The van der Waals surface area contributed by atoms with E-state index in [1.807, 2.05) is 0 Å². The van der Waals surface area contributed by atoms with E-state index in [-0.39, 0.29) is 18.4 Å². The monoisotopic (exact) mass is 336 g/mol. The minimum Gasteiger partial charge on any atom is -0.481 e. The van der Waals surface area contributed by atoms with Crippen LogP contribution >= 0.6 is 11.6 Å². The van der Waals surface area contributed by atoms with Crippen LogP contribution in [-0.4, -0.2) is 47.4 Å². The second kappa shape index (κ2) is 6.20. The van der Waals surface area contributed by atoms with Gasteiger partial charge in [-0.1, -0.05) is 11.6 Å². The van der Waals surface area contributed by atoms with E-state index in [4.69, 9.17) is 16.7 Å². The van der Waals surface area contributed by atoms with Crippen LogP contribution in [0.5, 0.6) is 0 Å². The normalized spacial score (nSPS) is 24.3. The molecule has 0 aliphatic carbocycles. The van der Waals surface area contributed by atoms with E-state index in [9.17, 15) is 14.4 Å². The highest BCUT2D eigenvalue weighted by Crippen LogP contribution is 2.29. The number of rotatable bonds is 3.